The fourth-order valence-electron chi connectivity index (χ4n) is 4.97. The summed E-state index contributed by atoms with van der Waals surface area (Å²) in [7, 11) is 0. The minimum absolute atomic E-state index is 0.215. The third-order valence-corrected chi connectivity index (χ3v) is 6.35. The number of aliphatic hydroxyl groups excluding tert-OH is 1. The van der Waals surface area contributed by atoms with Gasteiger partial charge in [0.05, 0.1) is 6.10 Å². The van der Waals surface area contributed by atoms with Crippen molar-refractivity contribution in [2.45, 2.75) is 70.6 Å². The van der Waals surface area contributed by atoms with Crippen LogP contribution in [0.15, 0.2) is 0 Å². The topological polar surface area (TPSA) is 47.0 Å². The Balaban J connectivity index is 1.51. The van der Waals surface area contributed by atoms with E-state index in [1.807, 2.05) is 0 Å². The Kier molecular flexibility index (Phi) is 6.17. The lowest BCUT2D eigenvalue weighted by Gasteiger charge is -2.37. The molecule has 3 heterocycles. The van der Waals surface area contributed by atoms with Crippen LogP contribution in [0.1, 0.15) is 52.4 Å². The van der Waals surface area contributed by atoms with Crippen molar-refractivity contribution in [3.63, 3.8) is 0 Å². The largest absolute Gasteiger partial charge is 0.390 e. The molecule has 1 N–H and O–H groups in total. The number of hydrogen-bond donors (Lipinski definition) is 1. The smallest absolute Gasteiger partial charge is 0.219 e. The Labute approximate surface area is 147 Å². The molecule has 0 spiro atoms. The van der Waals surface area contributed by atoms with Gasteiger partial charge in [-0.25, -0.2) is 0 Å². The van der Waals surface area contributed by atoms with Crippen LogP contribution in [0.5, 0.6) is 0 Å². The Morgan fingerprint density at radius 3 is 2.38 bits per heavy atom. The van der Waals surface area contributed by atoms with E-state index in [4.69, 9.17) is 0 Å². The predicted molar refractivity (Wildman–Crippen MR) is 95.8 cm³/mol. The number of hydrogen-bond acceptors (Lipinski definition) is 4. The molecular weight excluding hydrogens is 302 g/mol. The fourth-order valence-corrected chi connectivity index (χ4v) is 4.97. The molecule has 3 rings (SSSR count). The summed E-state index contributed by atoms with van der Waals surface area (Å²) in [6.45, 7) is 9.83. The average Bonchev–Trinajstić information content (AvgIpc) is 3.17. The molecule has 0 bridgehead atoms. The van der Waals surface area contributed by atoms with Gasteiger partial charge in [-0.2, -0.15) is 0 Å². The van der Waals surface area contributed by atoms with Gasteiger partial charge in [0.1, 0.15) is 0 Å². The molecule has 0 aliphatic carbocycles. The van der Waals surface area contributed by atoms with E-state index in [9.17, 15) is 9.90 Å². The van der Waals surface area contributed by atoms with E-state index in [-0.39, 0.29) is 12.0 Å². The highest BCUT2D eigenvalue weighted by atomic mass is 16.3. The van der Waals surface area contributed by atoms with E-state index in [0.717, 1.165) is 58.0 Å². The van der Waals surface area contributed by atoms with Crippen molar-refractivity contribution in [3.05, 3.63) is 0 Å². The molecule has 0 radical (unpaired) electrons. The van der Waals surface area contributed by atoms with Gasteiger partial charge in [-0.15, -0.1) is 0 Å². The number of likely N-dealkylation sites (tertiary alicyclic amines) is 3. The molecule has 3 aliphatic heterocycles. The van der Waals surface area contributed by atoms with Crippen LogP contribution in [-0.2, 0) is 4.79 Å². The maximum atomic E-state index is 11.9. The summed E-state index contributed by atoms with van der Waals surface area (Å²) in [5.41, 5.74) is 0. The third-order valence-electron chi connectivity index (χ3n) is 6.35. The van der Waals surface area contributed by atoms with Crippen molar-refractivity contribution < 1.29 is 9.90 Å². The van der Waals surface area contributed by atoms with Gasteiger partial charge in [0, 0.05) is 38.6 Å². The molecule has 0 aromatic carbocycles. The summed E-state index contributed by atoms with van der Waals surface area (Å²) in [5, 5.41) is 10.6. The molecule has 3 fully saturated rings. The molecular formula is C19H35N3O2. The van der Waals surface area contributed by atoms with Crippen LogP contribution in [0, 0.1) is 5.92 Å². The monoisotopic (exact) mass is 337 g/mol. The van der Waals surface area contributed by atoms with Crippen LogP contribution in [0.4, 0.5) is 0 Å². The highest BCUT2D eigenvalue weighted by Crippen LogP contribution is 2.30. The first-order chi connectivity index (χ1) is 11.5. The Morgan fingerprint density at radius 1 is 1.00 bits per heavy atom. The molecule has 5 nitrogen and oxygen atoms in total. The lowest BCUT2D eigenvalue weighted by atomic mass is 9.99. The van der Waals surface area contributed by atoms with Gasteiger partial charge in [-0.3, -0.25) is 9.69 Å². The third kappa shape index (κ3) is 4.30. The molecule has 24 heavy (non-hydrogen) atoms. The number of rotatable bonds is 5. The number of aliphatic hydroxyl groups is 1. The van der Waals surface area contributed by atoms with Crippen molar-refractivity contribution in [1.82, 2.24) is 14.7 Å². The van der Waals surface area contributed by atoms with E-state index in [0.29, 0.717) is 12.1 Å². The molecule has 3 aliphatic rings. The van der Waals surface area contributed by atoms with Crippen molar-refractivity contribution in [2.24, 2.45) is 5.92 Å². The molecule has 1 amide bonds. The summed E-state index contributed by atoms with van der Waals surface area (Å²) >= 11 is 0. The predicted octanol–water partition coefficient (Wildman–Crippen LogP) is 1.55. The molecule has 0 unspecified atom stereocenters. The van der Waals surface area contributed by atoms with E-state index in [2.05, 4.69) is 21.6 Å². The second-order valence-corrected chi connectivity index (χ2v) is 8.26. The highest BCUT2D eigenvalue weighted by Gasteiger charge is 2.39. The van der Waals surface area contributed by atoms with E-state index < -0.39 is 0 Å². The van der Waals surface area contributed by atoms with Crippen LogP contribution < -0.4 is 0 Å². The van der Waals surface area contributed by atoms with E-state index in [1.54, 1.807) is 6.92 Å². The first-order valence-electron chi connectivity index (χ1n) is 9.96. The van der Waals surface area contributed by atoms with Crippen LogP contribution in [0.25, 0.3) is 0 Å². The molecule has 3 saturated heterocycles. The lowest BCUT2D eigenvalue weighted by molar-refractivity contribution is -0.130. The molecule has 0 aromatic rings. The van der Waals surface area contributed by atoms with Crippen LogP contribution in [0.2, 0.25) is 0 Å². The van der Waals surface area contributed by atoms with Crippen molar-refractivity contribution >= 4 is 5.91 Å². The maximum absolute atomic E-state index is 11.9. The quantitative estimate of drug-likeness (QED) is 0.827. The van der Waals surface area contributed by atoms with E-state index in [1.165, 1.54) is 25.7 Å². The summed E-state index contributed by atoms with van der Waals surface area (Å²) in [6, 6.07) is 0.820. The lowest BCUT2D eigenvalue weighted by Crippen LogP contribution is -2.50. The summed E-state index contributed by atoms with van der Waals surface area (Å²) in [4.78, 5) is 18.8. The van der Waals surface area contributed by atoms with Gasteiger partial charge in [0.15, 0.2) is 0 Å². The molecule has 0 saturated carbocycles. The van der Waals surface area contributed by atoms with Crippen LogP contribution in [-0.4, -0.2) is 83.2 Å². The van der Waals surface area contributed by atoms with Crippen molar-refractivity contribution in [2.75, 3.05) is 39.3 Å². The van der Waals surface area contributed by atoms with Gasteiger partial charge in [-0.05, 0) is 64.1 Å². The van der Waals surface area contributed by atoms with E-state index >= 15 is 0 Å². The second kappa shape index (κ2) is 8.15. The Hall–Kier alpha value is -0.650. The van der Waals surface area contributed by atoms with Gasteiger partial charge < -0.3 is 14.9 Å². The number of carbonyl (C=O) groups excluding carboxylic acids is 1. The van der Waals surface area contributed by atoms with Crippen LogP contribution in [0.3, 0.4) is 0 Å². The molecule has 5 heteroatoms. The Bertz CT molecular complexity index is 423. The number of piperidine rings is 1. The van der Waals surface area contributed by atoms with Gasteiger partial charge in [0.2, 0.25) is 5.91 Å². The zero-order chi connectivity index (χ0) is 17.1. The first kappa shape index (κ1) is 18.2. The zero-order valence-electron chi connectivity index (χ0n) is 15.5. The number of carbonyl (C=O) groups is 1. The van der Waals surface area contributed by atoms with Crippen LogP contribution >= 0.6 is 0 Å². The van der Waals surface area contributed by atoms with Gasteiger partial charge in [-0.1, -0.05) is 6.92 Å². The maximum Gasteiger partial charge on any atom is 0.219 e. The number of amides is 1. The summed E-state index contributed by atoms with van der Waals surface area (Å²) < 4.78 is 0. The number of β-amino-alcohol motifs (C(OH)–C–C–N with tert-alkyl or cyclic N) is 1. The summed E-state index contributed by atoms with van der Waals surface area (Å²) in [6.07, 6.45) is 6.86. The fraction of sp³-hybridized carbons (Fsp3) is 0.947. The Morgan fingerprint density at radius 2 is 1.67 bits per heavy atom. The first-order valence-corrected chi connectivity index (χ1v) is 9.96. The minimum Gasteiger partial charge on any atom is -0.390 e. The summed E-state index contributed by atoms with van der Waals surface area (Å²) in [5.74, 6) is 1.05. The van der Waals surface area contributed by atoms with Crippen molar-refractivity contribution in [1.29, 1.82) is 0 Å². The molecule has 0 aromatic heterocycles. The highest BCUT2D eigenvalue weighted by molar-refractivity contribution is 5.74. The van der Waals surface area contributed by atoms with Gasteiger partial charge >= 0.3 is 0 Å². The average molecular weight is 338 g/mol. The normalized spacial score (nSPS) is 31.7. The second-order valence-electron chi connectivity index (χ2n) is 8.26. The SMILES string of the molecule is CC(=O)N1CCC[C@@H]1[C@H]1CCCN1C[C@@H](O)CN1CCC(C)CC1. The van der Waals surface area contributed by atoms with Crippen molar-refractivity contribution in [3.8, 4) is 0 Å². The molecule has 3 atom stereocenters. The zero-order valence-corrected chi connectivity index (χ0v) is 15.5. The minimum atomic E-state index is -0.272. The van der Waals surface area contributed by atoms with Gasteiger partial charge in [0.25, 0.3) is 0 Å². The standard InChI is InChI=1S/C19H35N3O2/c1-15-7-11-20(12-8-15)13-17(24)14-21-9-3-5-18(21)19-6-4-10-22(19)16(2)23/h15,17-19,24H,3-14H2,1-2H3/t17-,18+,19+/m0/s1. The molecule has 138 valence electrons. The number of nitrogens with zero attached hydrogens (tertiary/aromatic N) is 3.